The molecule has 40 heavy (non-hydrogen) atoms. The first kappa shape index (κ1) is 27.2. The second kappa shape index (κ2) is 10.3. The van der Waals surface area contributed by atoms with E-state index in [1.807, 2.05) is 26.0 Å². The fraction of sp³-hybridized carbons (Fsp3) is 0.143. The zero-order valence-corrected chi connectivity index (χ0v) is 23.7. The average Bonchev–Trinajstić information content (AvgIpc) is 3.27. The molecule has 2 N–H and O–H groups in total. The minimum atomic E-state index is -4.07. The maximum absolute atomic E-state index is 13.1. The Balaban J connectivity index is 1.69. The summed E-state index contributed by atoms with van der Waals surface area (Å²) in [6.07, 6.45) is 0. The Hall–Kier alpha value is -4.42. The van der Waals surface area contributed by atoms with Crippen LogP contribution in [0.5, 0.6) is 11.5 Å². The first-order valence-electron chi connectivity index (χ1n) is 12.1. The quantitative estimate of drug-likeness (QED) is 0.305. The monoisotopic (exact) mass is 578 g/mol. The summed E-state index contributed by atoms with van der Waals surface area (Å²) in [4.78, 5) is 4.57. The molecule has 0 fully saturated rings. The maximum atomic E-state index is 13.1. The number of sulfonamides is 2. The Morgan fingerprint density at radius 1 is 0.575 bits per heavy atom. The Bertz CT molecular complexity index is 1760. The van der Waals surface area contributed by atoms with E-state index < -0.39 is 20.0 Å². The number of ether oxygens (including phenoxy) is 2. The number of hydrazone groups is 2. The molecule has 0 aliphatic heterocycles. The van der Waals surface area contributed by atoms with Gasteiger partial charge in [0.05, 0.1) is 35.1 Å². The standard InChI is InChI=1S/C28H26N4O6S2/c1-17-5-11-20(12-6-17)39(33,34)31-29-27-25-22(37-3)15-9-19-10-16-23(38-4)26(24(19)25)28(27)30-32-40(35,36)21-13-7-18(2)8-14-21/h5-16,31-32H,1-4H3/b29-27-,30-28+. The van der Waals surface area contributed by atoms with Crippen molar-refractivity contribution >= 4 is 42.2 Å². The smallest absolute Gasteiger partial charge is 0.276 e. The molecule has 206 valence electrons. The van der Waals surface area contributed by atoms with Crippen molar-refractivity contribution in [3.05, 3.63) is 95.1 Å². The van der Waals surface area contributed by atoms with Crippen molar-refractivity contribution in [2.45, 2.75) is 23.6 Å². The molecular weight excluding hydrogens is 552 g/mol. The minimum Gasteiger partial charge on any atom is -0.496 e. The van der Waals surface area contributed by atoms with Crippen LogP contribution in [0.15, 0.2) is 92.8 Å². The van der Waals surface area contributed by atoms with E-state index in [9.17, 15) is 16.8 Å². The van der Waals surface area contributed by atoms with Crippen molar-refractivity contribution in [3.8, 4) is 11.5 Å². The summed E-state index contributed by atoms with van der Waals surface area (Å²) in [5.41, 5.74) is 2.79. The molecule has 0 heterocycles. The maximum Gasteiger partial charge on any atom is 0.276 e. The third kappa shape index (κ3) is 4.87. The number of nitrogens with zero attached hydrogens (tertiary/aromatic N) is 2. The molecular formula is C28H26N4O6S2. The fourth-order valence-electron chi connectivity index (χ4n) is 4.40. The van der Waals surface area contributed by atoms with E-state index in [0.717, 1.165) is 16.5 Å². The first-order valence-corrected chi connectivity index (χ1v) is 15.0. The normalized spacial score (nSPS) is 15.0. The van der Waals surface area contributed by atoms with Crippen LogP contribution in [0.1, 0.15) is 22.3 Å². The van der Waals surface area contributed by atoms with Crippen molar-refractivity contribution in [2.75, 3.05) is 14.2 Å². The molecule has 0 atom stereocenters. The second-order valence-corrected chi connectivity index (χ2v) is 12.4. The van der Waals surface area contributed by atoms with Gasteiger partial charge in [0.15, 0.2) is 0 Å². The Morgan fingerprint density at radius 3 is 1.30 bits per heavy atom. The average molecular weight is 579 g/mol. The molecule has 4 aromatic rings. The van der Waals surface area contributed by atoms with Gasteiger partial charge in [-0.2, -0.15) is 36.7 Å². The van der Waals surface area contributed by atoms with Crippen LogP contribution in [-0.2, 0) is 20.0 Å². The Morgan fingerprint density at radius 2 is 0.950 bits per heavy atom. The molecule has 0 saturated carbocycles. The Kier molecular flexibility index (Phi) is 6.98. The number of aryl methyl sites for hydroxylation is 2. The summed E-state index contributed by atoms with van der Waals surface area (Å²) in [6.45, 7) is 3.70. The number of hydrogen-bond donors (Lipinski definition) is 2. The van der Waals surface area contributed by atoms with Crippen molar-refractivity contribution in [1.82, 2.24) is 9.66 Å². The van der Waals surface area contributed by atoms with Crippen molar-refractivity contribution in [2.24, 2.45) is 10.2 Å². The Labute approximate surface area is 232 Å². The fourth-order valence-corrected chi connectivity index (χ4v) is 6.02. The van der Waals surface area contributed by atoms with Crippen LogP contribution in [0.2, 0.25) is 0 Å². The highest BCUT2D eigenvalue weighted by molar-refractivity contribution is 7.89. The summed E-state index contributed by atoms with van der Waals surface area (Å²) in [5, 5.41) is 9.92. The number of nitrogens with one attached hydrogen (secondary N) is 2. The minimum absolute atomic E-state index is 0.0132. The largest absolute Gasteiger partial charge is 0.496 e. The van der Waals surface area contributed by atoms with Gasteiger partial charge in [-0.3, -0.25) is 0 Å². The number of benzene rings is 4. The lowest BCUT2D eigenvalue weighted by Crippen LogP contribution is -2.26. The van der Waals surface area contributed by atoms with Crippen molar-refractivity contribution < 1.29 is 26.3 Å². The molecule has 10 nitrogen and oxygen atoms in total. The predicted molar refractivity (Wildman–Crippen MR) is 153 cm³/mol. The SMILES string of the molecule is COc1ccc2ccc(OC)c3c2c1C(=N/NS(=O)(=O)c1ccc(C)cc1)/C3=N/NS(=O)(=O)c1ccc(C)cc1. The predicted octanol–water partition coefficient (Wildman–Crippen LogP) is 3.85. The van der Waals surface area contributed by atoms with Crippen molar-refractivity contribution in [3.63, 3.8) is 0 Å². The van der Waals surface area contributed by atoms with E-state index in [-0.39, 0.29) is 21.2 Å². The molecule has 4 aromatic carbocycles. The zero-order valence-electron chi connectivity index (χ0n) is 22.1. The molecule has 1 aliphatic rings. The van der Waals surface area contributed by atoms with Crippen LogP contribution in [-0.4, -0.2) is 42.5 Å². The van der Waals surface area contributed by atoms with Gasteiger partial charge in [-0.15, -0.1) is 0 Å². The van der Waals surface area contributed by atoms with Gasteiger partial charge in [0.25, 0.3) is 20.0 Å². The highest BCUT2D eigenvalue weighted by atomic mass is 32.2. The van der Waals surface area contributed by atoms with Crippen LogP contribution in [0.3, 0.4) is 0 Å². The van der Waals surface area contributed by atoms with Gasteiger partial charge in [0, 0.05) is 5.39 Å². The van der Waals surface area contributed by atoms with Crippen LogP contribution in [0, 0.1) is 13.8 Å². The van der Waals surface area contributed by atoms with E-state index in [1.54, 1.807) is 36.4 Å². The van der Waals surface area contributed by atoms with Gasteiger partial charge in [-0.1, -0.05) is 47.5 Å². The van der Waals surface area contributed by atoms with Crippen LogP contribution in [0.4, 0.5) is 0 Å². The van der Waals surface area contributed by atoms with E-state index in [2.05, 4.69) is 19.9 Å². The molecule has 5 rings (SSSR count). The summed E-state index contributed by atoms with van der Waals surface area (Å²) in [7, 11) is -5.20. The zero-order chi connectivity index (χ0) is 28.7. The molecule has 0 spiro atoms. The summed E-state index contributed by atoms with van der Waals surface area (Å²) in [6, 6.07) is 19.7. The number of hydrogen-bond acceptors (Lipinski definition) is 8. The van der Waals surface area contributed by atoms with E-state index in [4.69, 9.17) is 9.47 Å². The van der Waals surface area contributed by atoms with Gasteiger partial charge in [-0.25, -0.2) is 0 Å². The third-order valence-electron chi connectivity index (χ3n) is 6.47. The topological polar surface area (TPSA) is 136 Å². The number of methoxy groups -OCH3 is 2. The van der Waals surface area contributed by atoms with Crippen LogP contribution in [0.25, 0.3) is 10.8 Å². The highest BCUT2D eigenvalue weighted by Crippen LogP contribution is 2.41. The van der Waals surface area contributed by atoms with E-state index >= 15 is 0 Å². The van der Waals surface area contributed by atoms with Gasteiger partial charge in [0.1, 0.15) is 22.9 Å². The number of rotatable bonds is 8. The van der Waals surface area contributed by atoms with Crippen LogP contribution >= 0.6 is 0 Å². The summed E-state index contributed by atoms with van der Waals surface area (Å²) < 4.78 is 63.6. The lowest BCUT2D eigenvalue weighted by Gasteiger charge is -2.10. The third-order valence-corrected chi connectivity index (χ3v) is 8.91. The van der Waals surface area contributed by atoms with Crippen LogP contribution < -0.4 is 19.1 Å². The molecule has 1 aliphatic carbocycles. The molecule has 0 radical (unpaired) electrons. The molecule has 0 bridgehead atoms. The molecule has 12 heteroatoms. The second-order valence-electron chi connectivity index (χ2n) is 9.12. The molecule has 0 unspecified atom stereocenters. The molecule has 0 amide bonds. The lowest BCUT2D eigenvalue weighted by atomic mass is 10.0. The summed E-state index contributed by atoms with van der Waals surface area (Å²) in [5.74, 6) is 0.781. The van der Waals surface area contributed by atoms with Gasteiger partial charge in [0.2, 0.25) is 0 Å². The van der Waals surface area contributed by atoms with E-state index in [0.29, 0.717) is 28.0 Å². The van der Waals surface area contributed by atoms with Gasteiger partial charge in [-0.05, 0) is 55.6 Å². The summed E-state index contributed by atoms with van der Waals surface area (Å²) >= 11 is 0. The molecule has 0 saturated heterocycles. The lowest BCUT2D eigenvalue weighted by molar-refractivity contribution is 0.413. The van der Waals surface area contributed by atoms with E-state index in [1.165, 1.54) is 38.5 Å². The van der Waals surface area contributed by atoms with Gasteiger partial charge < -0.3 is 9.47 Å². The first-order chi connectivity index (χ1) is 19.1. The van der Waals surface area contributed by atoms with Gasteiger partial charge >= 0.3 is 0 Å². The highest BCUT2D eigenvalue weighted by Gasteiger charge is 2.35. The van der Waals surface area contributed by atoms with Crippen molar-refractivity contribution in [1.29, 1.82) is 0 Å². The molecule has 0 aromatic heterocycles.